The Hall–Kier alpha value is -0.960. The van der Waals surface area contributed by atoms with Crippen molar-refractivity contribution in [2.24, 2.45) is 4.99 Å². The van der Waals surface area contributed by atoms with Crippen LogP contribution in [0.5, 0.6) is 0 Å². The van der Waals surface area contributed by atoms with E-state index in [9.17, 15) is 4.39 Å². The van der Waals surface area contributed by atoms with Crippen molar-refractivity contribution in [3.05, 3.63) is 29.8 Å². The topological polar surface area (TPSA) is 25.2 Å². The largest absolute Gasteiger partial charge is 0.270 e. The molecule has 0 spiro atoms. The Kier molecular flexibility index (Phi) is 2.04. The summed E-state index contributed by atoms with van der Waals surface area (Å²) < 4.78 is 12.5. The molecular formula is C9H8ClFN2. The normalized spacial score (nSPS) is 19.2. The summed E-state index contributed by atoms with van der Waals surface area (Å²) in [5.41, 5.74) is 2.00. The van der Waals surface area contributed by atoms with Crippen LogP contribution in [0.15, 0.2) is 23.3 Å². The van der Waals surface area contributed by atoms with Gasteiger partial charge in [-0.15, -0.1) is 0 Å². The van der Waals surface area contributed by atoms with Crippen LogP contribution >= 0.6 is 11.6 Å². The minimum atomic E-state index is -0.464. The first-order chi connectivity index (χ1) is 6.27. The van der Waals surface area contributed by atoms with Gasteiger partial charge in [0.2, 0.25) is 5.95 Å². The van der Waals surface area contributed by atoms with Crippen LogP contribution in [0.3, 0.4) is 0 Å². The highest BCUT2D eigenvalue weighted by atomic mass is 35.5. The summed E-state index contributed by atoms with van der Waals surface area (Å²) in [6, 6.07) is 3.05. The average molecular weight is 199 g/mol. The van der Waals surface area contributed by atoms with Crippen LogP contribution in [0.25, 0.3) is 0 Å². The highest BCUT2D eigenvalue weighted by molar-refractivity contribution is 6.56. The Morgan fingerprint density at radius 2 is 2.31 bits per heavy atom. The molecule has 0 N–H and O–H groups in total. The molecule has 1 aliphatic rings. The molecule has 0 unspecified atom stereocenters. The van der Waals surface area contributed by atoms with E-state index in [1.807, 2.05) is 0 Å². The van der Waals surface area contributed by atoms with Gasteiger partial charge in [0.15, 0.2) is 0 Å². The quantitative estimate of drug-likeness (QED) is 0.530. The third kappa shape index (κ3) is 1.56. The Morgan fingerprint density at radius 3 is 2.77 bits per heavy atom. The Balaban J connectivity index is 2.30. The summed E-state index contributed by atoms with van der Waals surface area (Å²) in [6.07, 6.45) is 3.44. The standard InChI is InChI=1S/C9H8ClFN2/c10-6-13-9(3-4-9)7-1-2-8(11)12-5-7/h1-2,5-6H,3-4H2/b13-6+. The SMILES string of the molecule is Fc1ccc(C2(/N=C/Cl)CC2)cn1. The number of nitrogens with zero attached hydrogens (tertiary/aromatic N) is 2. The van der Waals surface area contributed by atoms with Crippen molar-refractivity contribution in [1.29, 1.82) is 0 Å². The summed E-state index contributed by atoms with van der Waals surface area (Å²) in [5, 5.41) is 0. The van der Waals surface area contributed by atoms with Gasteiger partial charge in [0.25, 0.3) is 0 Å². The van der Waals surface area contributed by atoms with Crippen molar-refractivity contribution in [2.75, 3.05) is 0 Å². The molecule has 1 saturated carbocycles. The van der Waals surface area contributed by atoms with Gasteiger partial charge in [-0.1, -0.05) is 17.7 Å². The van der Waals surface area contributed by atoms with Crippen molar-refractivity contribution in [1.82, 2.24) is 4.98 Å². The molecule has 0 radical (unpaired) electrons. The Bertz CT molecular complexity index is 330. The van der Waals surface area contributed by atoms with Gasteiger partial charge in [0, 0.05) is 6.20 Å². The van der Waals surface area contributed by atoms with E-state index < -0.39 is 5.95 Å². The van der Waals surface area contributed by atoms with Crippen LogP contribution in [-0.2, 0) is 5.54 Å². The van der Waals surface area contributed by atoms with Gasteiger partial charge in [-0.3, -0.25) is 4.99 Å². The summed E-state index contributed by atoms with van der Waals surface area (Å²) in [5.74, 6) is -0.464. The molecule has 2 rings (SSSR count). The monoisotopic (exact) mass is 198 g/mol. The van der Waals surface area contributed by atoms with E-state index in [1.54, 1.807) is 6.07 Å². The van der Waals surface area contributed by atoms with Gasteiger partial charge in [0.05, 0.1) is 11.2 Å². The molecule has 0 bridgehead atoms. The predicted molar refractivity (Wildman–Crippen MR) is 49.5 cm³/mol. The molecule has 1 heterocycles. The molecule has 1 aromatic rings. The second kappa shape index (κ2) is 3.07. The zero-order chi connectivity index (χ0) is 9.31. The minimum Gasteiger partial charge on any atom is -0.270 e. The molecule has 4 heteroatoms. The zero-order valence-corrected chi connectivity index (χ0v) is 7.63. The number of hydrogen-bond acceptors (Lipinski definition) is 2. The van der Waals surface area contributed by atoms with Crippen LogP contribution in [0, 0.1) is 5.95 Å². The number of halogens is 2. The van der Waals surface area contributed by atoms with Crippen LogP contribution in [0.4, 0.5) is 4.39 Å². The van der Waals surface area contributed by atoms with Gasteiger partial charge in [-0.05, 0) is 24.5 Å². The molecule has 1 fully saturated rings. The lowest BCUT2D eigenvalue weighted by Crippen LogP contribution is -2.03. The first-order valence-corrected chi connectivity index (χ1v) is 4.46. The van der Waals surface area contributed by atoms with Crippen LogP contribution in [-0.4, -0.2) is 10.7 Å². The third-order valence-electron chi connectivity index (χ3n) is 2.28. The summed E-state index contributed by atoms with van der Waals surface area (Å²) in [4.78, 5) is 7.73. The second-order valence-electron chi connectivity index (χ2n) is 3.13. The Morgan fingerprint density at radius 1 is 1.54 bits per heavy atom. The van der Waals surface area contributed by atoms with E-state index in [4.69, 9.17) is 11.6 Å². The van der Waals surface area contributed by atoms with Crippen LogP contribution in [0.2, 0.25) is 0 Å². The fraction of sp³-hybridized carbons (Fsp3) is 0.333. The molecule has 0 amide bonds. The average Bonchev–Trinajstić information content (AvgIpc) is 2.87. The number of aromatic nitrogens is 1. The summed E-state index contributed by atoms with van der Waals surface area (Å²) >= 11 is 5.42. The molecule has 1 aliphatic carbocycles. The highest BCUT2D eigenvalue weighted by Gasteiger charge is 2.44. The first-order valence-electron chi connectivity index (χ1n) is 4.03. The van der Waals surface area contributed by atoms with E-state index >= 15 is 0 Å². The fourth-order valence-electron chi connectivity index (χ4n) is 1.36. The molecule has 0 atom stereocenters. The van der Waals surface area contributed by atoms with Gasteiger partial charge >= 0.3 is 0 Å². The summed E-state index contributed by atoms with van der Waals surface area (Å²) in [7, 11) is 0. The maximum atomic E-state index is 12.5. The fourth-order valence-corrected chi connectivity index (χ4v) is 1.54. The zero-order valence-electron chi connectivity index (χ0n) is 6.87. The van der Waals surface area contributed by atoms with Crippen molar-refractivity contribution in [2.45, 2.75) is 18.4 Å². The molecule has 2 nitrogen and oxygen atoms in total. The maximum Gasteiger partial charge on any atom is 0.212 e. The van der Waals surface area contributed by atoms with E-state index in [1.165, 1.54) is 17.9 Å². The van der Waals surface area contributed by atoms with Gasteiger partial charge in [-0.25, -0.2) is 4.98 Å². The lowest BCUT2D eigenvalue weighted by atomic mass is 10.1. The van der Waals surface area contributed by atoms with Crippen molar-refractivity contribution in [3.63, 3.8) is 0 Å². The number of aliphatic imine (C=N–C) groups is 1. The smallest absolute Gasteiger partial charge is 0.212 e. The molecule has 0 saturated heterocycles. The van der Waals surface area contributed by atoms with Gasteiger partial charge < -0.3 is 0 Å². The molecule has 68 valence electrons. The van der Waals surface area contributed by atoms with E-state index in [0.717, 1.165) is 18.4 Å². The number of rotatable bonds is 2. The van der Waals surface area contributed by atoms with Gasteiger partial charge in [-0.2, -0.15) is 4.39 Å². The lowest BCUT2D eigenvalue weighted by molar-refractivity contribution is 0.579. The number of hydrogen-bond donors (Lipinski definition) is 0. The van der Waals surface area contributed by atoms with Crippen LogP contribution < -0.4 is 0 Å². The maximum absolute atomic E-state index is 12.5. The van der Waals surface area contributed by atoms with Crippen LogP contribution in [0.1, 0.15) is 18.4 Å². The van der Waals surface area contributed by atoms with E-state index in [2.05, 4.69) is 9.98 Å². The minimum absolute atomic E-state index is 0.206. The Labute approximate surface area is 80.5 Å². The summed E-state index contributed by atoms with van der Waals surface area (Å²) in [6.45, 7) is 0. The van der Waals surface area contributed by atoms with E-state index in [-0.39, 0.29) is 5.54 Å². The van der Waals surface area contributed by atoms with Crippen molar-refractivity contribution >= 4 is 17.3 Å². The third-order valence-corrected chi connectivity index (χ3v) is 2.38. The van der Waals surface area contributed by atoms with E-state index in [0.29, 0.717) is 0 Å². The molecule has 1 aromatic heterocycles. The number of pyridine rings is 1. The molecule has 13 heavy (non-hydrogen) atoms. The first kappa shape index (κ1) is 8.63. The second-order valence-corrected chi connectivity index (χ2v) is 3.32. The molecule has 0 aromatic carbocycles. The van der Waals surface area contributed by atoms with Gasteiger partial charge in [0.1, 0.15) is 0 Å². The van der Waals surface area contributed by atoms with Crippen molar-refractivity contribution < 1.29 is 4.39 Å². The lowest BCUT2D eigenvalue weighted by Gasteiger charge is -2.07. The molecule has 0 aliphatic heterocycles. The molecular weight excluding hydrogens is 191 g/mol. The van der Waals surface area contributed by atoms with Crippen molar-refractivity contribution in [3.8, 4) is 0 Å². The highest BCUT2D eigenvalue weighted by Crippen LogP contribution is 2.49. The predicted octanol–water partition coefficient (Wildman–Crippen LogP) is 2.48.